The van der Waals surface area contributed by atoms with Gasteiger partial charge in [-0.25, -0.2) is 0 Å². The van der Waals surface area contributed by atoms with E-state index in [2.05, 4.69) is 0 Å². The molecule has 3 saturated heterocycles. The molecule has 0 spiro atoms. The van der Waals surface area contributed by atoms with Crippen LogP contribution in [0.25, 0.3) is 0 Å². The van der Waals surface area contributed by atoms with E-state index in [0.717, 1.165) is 5.57 Å². The average Bonchev–Trinajstić information content (AvgIpc) is 3.35. The Labute approximate surface area is 226 Å². The van der Waals surface area contributed by atoms with Crippen LogP contribution < -0.4 is 0 Å². The molecule has 0 radical (unpaired) electrons. The van der Waals surface area contributed by atoms with Crippen LogP contribution >= 0.6 is 0 Å². The molecule has 7 N–H and O–H groups in total. The van der Waals surface area contributed by atoms with Crippen molar-refractivity contribution >= 4 is 5.97 Å². The van der Waals surface area contributed by atoms with Gasteiger partial charge in [0.2, 0.25) is 0 Å². The summed E-state index contributed by atoms with van der Waals surface area (Å²) in [6.07, 6.45) is -8.36. The van der Waals surface area contributed by atoms with Crippen molar-refractivity contribution < 1.29 is 64.2 Å². The minimum Gasteiger partial charge on any atom is -0.457 e. The normalized spacial score (nSPS) is 47.3. The van der Waals surface area contributed by atoms with Crippen LogP contribution in [-0.4, -0.2) is 129 Å². The maximum absolute atomic E-state index is 12.5. The maximum Gasteiger partial charge on any atom is 0.309 e. The number of hydrogen-bond donors (Lipinski definition) is 7. The van der Waals surface area contributed by atoms with Gasteiger partial charge in [0.15, 0.2) is 12.6 Å². The molecule has 1 aliphatic carbocycles. The van der Waals surface area contributed by atoms with Gasteiger partial charge in [0, 0.05) is 5.92 Å². The van der Waals surface area contributed by atoms with Crippen molar-refractivity contribution in [2.24, 2.45) is 11.8 Å². The van der Waals surface area contributed by atoms with Gasteiger partial charge in [0.05, 0.1) is 37.9 Å². The van der Waals surface area contributed by atoms with Gasteiger partial charge in [-0.3, -0.25) is 4.79 Å². The third kappa shape index (κ3) is 6.23. The Balaban J connectivity index is 1.51. The Bertz CT molecular complexity index is 939. The van der Waals surface area contributed by atoms with E-state index in [9.17, 15) is 40.5 Å². The predicted molar refractivity (Wildman–Crippen MR) is 131 cm³/mol. The molecule has 3 heterocycles. The standard InChI is InChI=1S/C26H40O13/c1-11-4-5-14(28)12(2)7-16-18(13(3)23(33)37-16)15(6-11)38-24-21(31)20(30)19(29)17(39-24)8-35-25-22(32)26(34,9-27)10-36-25/h4,7,13-22,24-25,27-32,34H,5-6,8-10H2,1-3H3. The molecule has 0 aromatic rings. The van der Waals surface area contributed by atoms with Crippen LogP contribution in [0.5, 0.6) is 0 Å². The van der Waals surface area contributed by atoms with Crippen LogP contribution in [0, 0.1) is 11.8 Å². The molecule has 0 aromatic heterocycles. The largest absolute Gasteiger partial charge is 0.457 e. The van der Waals surface area contributed by atoms with Gasteiger partial charge in [0.25, 0.3) is 0 Å². The summed E-state index contributed by atoms with van der Waals surface area (Å²) in [5.41, 5.74) is -0.393. The van der Waals surface area contributed by atoms with Crippen molar-refractivity contribution in [3.8, 4) is 0 Å². The van der Waals surface area contributed by atoms with Gasteiger partial charge in [-0.2, -0.15) is 0 Å². The average molecular weight is 561 g/mol. The van der Waals surface area contributed by atoms with E-state index in [1.54, 1.807) is 19.9 Å². The Morgan fingerprint density at radius 3 is 2.46 bits per heavy atom. The fraction of sp³-hybridized carbons (Fsp3) is 0.808. The lowest BCUT2D eigenvalue weighted by molar-refractivity contribution is -0.322. The summed E-state index contributed by atoms with van der Waals surface area (Å²) in [6.45, 7) is 3.77. The minimum atomic E-state index is -1.91. The Morgan fingerprint density at radius 2 is 1.79 bits per heavy atom. The Hall–Kier alpha value is -1.49. The molecular formula is C26H40O13. The second-order valence-corrected chi connectivity index (χ2v) is 11.1. The number of ether oxygens (including phenoxy) is 5. The highest BCUT2D eigenvalue weighted by Gasteiger charge is 2.52. The van der Waals surface area contributed by atoms with Crippen molar-refractivity contribution in [2.75, 3.05) is 19.8 Å². The monoisotopic (exact) mass is 560 g/mol. The van der Waals surface area contributed by atoms with Crippen LogP contribution in [0.2, 0.25) is 0 Å². The first-order valence-electron chi connectivity index (χ1n) is 13.2. The van der Waals surface area contributed by atoms with Crippen molar-refractivity contribution in [1.29, 1.82) is 0 Å². The van der Waals surface area contributed by atoms with E-state index in [1.165, 1.54) is 0 Å². The smallest absolute Gasteiger partial charge is 0.309 e. The molecule has 13 unspecified atom stereocenters. The summed E-state index contributed by atoms with van der Waals surface area (Å²) in [6, 6.07) is 0. The van der Waals surface area contributed by atoms with E-state index in [-0.39, 0.29) is 6.61 Å². The molecular weight excluding hydrogens is 520 g/mol. The maximum atomic E-state index is 12.5. The van der Waals surface area contributed by atoms with E-state index < -0.39 is 98.0 Å². The van der Waals surface area contributed by atoms with Crippen molar-refractivity contribution in [1.82, 2.24) is 0 Å². The molecule has 0 amide bonds. The van der Waals surface area contributed by atoms with E-state index >= 15 is 0 Å². The number of rotatable bonds is 6. The van der Waals surface area contributed by atoms with Gasteiger partial charge in [-0.1, -0.05) is 18.6 Å². The van der Waals surface area contributed by atoms with Crippen LogP contribution in [0.3, 0.4) is 0 Å². The third-order valence-electron chi connectivity index (χ3n) is 8.16. The van der Waals surface area contributed by atoms with Gasteiger partial charge < -0.3 is 59.4 Å². The van der Waals surface area contributed by atoms with Crippen LogP contribution in [0.1, 0.15) is 33.6 Å². The molecule has 39 heavy (non-hydrogen) atoms. The zero-order valence-corrected chi connectivity index (χ0v) is 22.2. The topological polar surface area (TPSA) is 205 Å². The van der Waals surface area contributed by atoms with Crippen LogP contribution in [0.15, 0.2) is 23.3 Å². The second-order valence-electron chi connectivity index (χ2n) is 11.1. The molecule has 13 heteroatoms. The van der Waals surface area contributed by atoms with Gasteiger partial charge in [0.1, 0.15) is 42.2 Å². The first-order valence-corrected chi connectivity index (χ1v) is 13.2. The molecule has 0 aromatic carbocycles. The highest BCUT2D eigenvalue weighted by Crippen LogP contribution is 2.39. The summed E-state index contributed by atoms with van der Waals surface area (Å²) < 4.78 is 28.3. The number of aliphatic hydroxyl groups is 7. The molecule has 13 atom stereocenters. The highest BCUT2D eigenvalue weighted by molar-refractivity contribution is 5.75. The SMILES string of the molecule is CC1=CCC(O)C(C)=CC2OC(=O)C(C)C2C(OC2OC(COC3OCC(O)(CO)C3O)C(O)C(O)C2O)C1. The number of carbonyl (C=O) groups excluding carboxylic acids is 1. The van der Waals surface area contributed by atoms with Gasteiger partial charge >= 0.3 is 5.97 Å². The number of aliphatic hydroxyl groups excluding tert-OH is 6. The van der Waals surface area contributed by atoms with E-state index in [0.29, 0.717) is 18.4 Å². The number of hydrogen-bond acceptors (Lipinski definition) is 13. The molecule has 3 aliphatic heterocycles. The fourth-order valence-corrected chi connectivity index (χ4v) is 5.45. The van der Waals surface area contributed by atoms with Crippen molar-refractivity contribution in [3.05, 3.63) is 23.3 Å². The Kier molecular flexibility index (Phi) is 9.51. The molecule has 0 saturated carbocycles. The first kappa shape index (κ1) is 30.5. The summed E-state index contributed by atoms with van der Waals surface area (Å²) in [5, 5.41) is 71.9. The summed E-state index contributed by atoms with van der Waals surface area (Å²) in [7, 11) is 0. The summed E-state index contributed by atoms with van der Waals surface area (Å²) in [4.78, 5) is 12.5. The highest BCUT2D eigenvalue weighted by atomic mass is 16.7. The van der Waals surface area contributed by atoms with Crippen molar-refractivity contribution in [3.63, 3.8) is 0 Å². The first-order chi connectivity index (χ1) is 18.4. The Morgan fingerprint density at radius 1 is 1.08 bits per heavy atom. The predicted octanol–water partition coefficient (Wildman–Crippen LogP) is -2.14. The summed E-state index contributed by atoms with van der Waals surface area (Å²) in [5.74, 6) is -1.51. The lowest BCUT2D eigenvalue weighted by Crippen LogP contribution is -2.60. The number of esters is 1. The molecule has 4 rings (SSSR count). The minimum absolute atomic E-state index is 0.315. The quantitative estimate of drug-likeness (QED) is 0.137. The fourth-order valence-electron chi connectivity index (χ4n) is 5.45. The van der Waals surface area contributed by atoms with E-state index in [1.807, 2.05) is 13.0 Å². The van der Waals surface area contributed by atoms with Crippen LogP contribution in [0.4, 0.5) is 0 Å². The molecule has 0 bridgehead atoms. The molecule has 4 aliphatic rings. The number of carbonyl (C=O) groups is 1. The lowest BCUT2D eigenvalue weighted by Gasteiger charge is -2.42. The van der Waals surface area contributed by atoms with Gasteiger partial charge in [-0.15, -0.1) is 0 Å². The lowest BCUT2D eigenvalue weighted by atomic mass is 9.82. The third-order valence-corrected chi connectivity index (χ3v) is 8.16. The molecule has 13 nitrogen and oxygen atoms in total. The van der Waals surface area contributed by atoms with Crippen molar-refractivity contribution in [2.45, 2.75) is 101 Å². The van der Waals surface area contributed by atoms with E-state index in [4.69, 9.17) is 23.7 Å². The summed E-state index contributed by atoms with van der Waals surface area (Å²) >= 11 is 0. The molecule has 222 valence electrons. The van der Waals surface area contributed by atoms with Gasteiger partial charge in [-0.05, 0) is 38.3 Å². The van der Waals surface area contributed by atoms with Crippen LogP contribution in [-0.2, 0) is 28.5 Å². The zero-order chi connectivity index (χ0) is 28.6. The molecule has 3 fully saturated rings. The number of fused-ring (bicyclic) bond motifs is 1. The zero-order valence-electron chi connectivity index (χ0n) is 22.2. The second kappa shape index (κ2) is 12.2.